The molecule has 3 aromatic rings. The summed E-state index contributed by atoms with van der Waals surface area (Å²) in [5.41, 5.74) is 1.82. The van der Waals surface area contributed by atoms with Crippen molar-refractivity contribution < 1.29 is 4.74 Å². The van der Waals surface area contributed by atoms with Crippen LogP contribution in [-0.4, -0.2) is 32.5 Å². The molecule has 3 rings (SSSR count). The third-order valence-corrected chi connectivity index (χ3v) is 3.83. The van der Waals surface area contributed by atoms with Gasteiger partial charge in [0.2, 0.25) is 0 Å². The van der Waals surface area contributed by atoms with E-state index in [1.165, 1.54) is 5.56 Å². The van der Waals surface area contributed by atoms with Crippen LogP contribution in [0.2, 0.25) is 0 Å². The SMILES string of the molecule is Cc1cccc(OC(C)CNc2ccc3nnc(C(C)(C)C)n3n2)c1. The highest BCUT2D eigenvalue weighted by atomic mass is 16.5. The van der Waals surface area contributed by atoms with Crippen molar-refractivity contribution in [3.63, 3.8) is 0 Å². The first-order chi connectivity index (χ1) is 11.8. The van der Waals surface area contributed by atoms with E-state index in [1.54, 1.807) is 4.52 Å². The number of nitrogens with one attached hydrogen (secondary N) is 1. The molecule has 0 aliphatic carbocycles. The summed E-state index contributed by atoms with van der Waals surface area (Å²) in [6, 6.07) is 11.9. The Morgan fingerprint density at radius 3 is 2.68 bits per heavy atom. The van der Waals surface area contributed by atoms with Crippen LogP contribution in [0.15, 0.2) is 36.4 Å². The number of hydrogen-bond acceptors (Lipinski definition) is 5. The third-order valence-electron chi connectivity index (χ3n) is 3.83. The molecule has 0 saturated carbocycles. The highest BCUT2D eigenvalue weighted by Gasteiger charge is 2.21. The molecule has 0 aliphatic heterocycles. The normalized spacial score (nSPS) is 13.0. The first kappa shape index (κ1) is 17.2. The van der Waals surface area contributed by atoms with Crippen molar-refractivity contribution in [3.05, 3.63) is 47.8 Å². The van der Waals surface area contributed by atoms with Gasteiger partial charge in [0.25, 0.3) is 0 Å². The van der Waals surface area contributed by atoms with Crippen molar-refractivity contribution in [2.24, 2.45) is 0 Å². The summed E-state index contributed by atoms with van der Waals surface area (Å²) in [6.45, 7) is 11.0. The lowest BCUT2D eigenvalue weighted by molar-refractivity contribution is 0.234. The molecule has 1 aromatic carbocycles. The van der Waals surface area contributed by atoms with Crippen LogP contribution >= 0.6 is 0 Å². The number of hydrogen-bond donors (Lipinski definition) is 1. The lowest BCUT2D eigenvalue weighted by Crippen LogP contribution is -2.23. The van der Waals surface area contributed by atoms with Crippen molar-refractivity contribution in [1.29, 1.82) is 0 Å². The predicted molar refractivity (Wildman–Crippen MR) is 99.2 cm³/mol. The average molecular weight is 339 g/mol. The molecular weight excluding hydrogens is 314 g/mol. The number of aromatic nitrogens is 4. The summed E-state index contributed by atoms with van der Waals surface area (Å²) in [5.74, 6) is 2.50. The highest BCUT2D eigenvalue weighted by molar-refractivity contribution is 5.44. The lowest BCUT2D eigenvalue weighted by atomic mass is 9.96. The molecule has 2 aromatic heterocycles. The van der Waals surface area contributed by atoms with Gasteiger partial charge in [-0.15, -0.1) is 15.3 Å². The molecule has 0 bridgehead atoms. The van der Waals surface area contributed by atoms with Crippen LogP contribution < -0.4 is 10.1 Å². The molecule has 25 heavy (non-hydrogen) atoms. The fourth-order valence-electron chi connectivity index (χ4n) is 2.56. The molecule has 6 heteroatoms. The Balaban J connectivity index is 1.68. The van der Waals surface area contributed by atoms with Gasteiger partial charge in [-0.05, 0) is 43.7 Å². The van der Waals surface area contributed by atoms with E-state index in [0.717, 1.165) is 23.0 Å². The van der Waals surface area contributed by atoms with E-state index in [4.69, 9.17) is 4.74 Å². The van der Waals surface area contributed by atoms with Crippen LogP contribution in [0, 0.1) is 6.92 Å². The van der Waals surface area contributed by atoms with Gasteiger partial charge in [-0.1, -0.05) is 32.9 Å². The van der Waals surface area contributed by atoms with Crippen molar-refractivity contribution in [2.75, 3.05) is 11.9 Å². The predicted octanol–water partition coefficient (Wildman–Crippen LogP) is 3.61. The van der Waals surface area contributed by atoms with Gasteiger partial charge < -0.3 is 10.1 Å². The van der Waals surface area contributed by atoms with Gasteiger partial charge in [0.05, 0.1) is 6.54 Å². The highest BCUT2D eigenvalue weighted by Crippen LogP contribution is 2.21. The molecule has 1 N–H and O–H groups in total. The van der Waals surface area contributed by atoms with Crippen LogP contribution in [0.25, 0.3) is 5.65 Å². The van der Waals surface area contributed by atoms with Crippen LogP contribution in [0.3, 0.4) is 0 Å². The Labute approximate surface area is 148 Å². The maximum atomic E-state index is 5.95. The van der Waals surface area contributed by atoms with Gasteiger partial charge in [-0.25, -0.2) is 0 Å². The number of rotatable bonds is 5. The summed E-state index contributed by atoms with van der Waals surface area (Å²) in [7, 11) is 0. The largest absolute Gasteiger partial charge is 0.489 e. The van der Waals surface area contributed by atoms with E-state index in [9.17, 15) is 0 Å². The Bertz CT molecular complexity index is 866. The molecule has 132 valence electrons. The summed E-state index contributed by atoms with van der Waals surface area (Å²) in [6.07, 6.45) is 0.0160. The number of fused-ring (bicyclic) bond motifs is 1. The number of nitrogens with zero attached hydrogens (tertiary/aromatic N) is 4. The molecule has 1 atom stereocenters. The topological polar surface area (TPSA) is 64.3 Å². The van der Waals surface area contributed by atoms with Gasteiger partial charge in [-0.3, -0.25) is 0 Å². The van der Waals surface area contributed by atoms with Gasteiger partial charge >= 0.3 is 0 Å². The second kappa shape index (κ2) is 6.70. The Morgan fingerprint density at radius 2 is 1.96 bits per heavy atom. The molecule has 0 spiro atoms. The molecule has 0 fully saturated rings. The molecule has 2 heterocycles. The quantitative estimate of drug-likeness (QED) is 0.769. The molecule has 0 aliphatic rings. The minimum atomic E-state index is -0.118. The minimum absolute atomic E-state index is 0.0160. The fourth-order valence-corrected chi connectivity index (χ4v) is 2.56. The minimum Gasteiger partial charge on any atom is -0.489 e. The molecule has 0 radical (unpaired) electrons. The molecule has 1 unspecified atom stereocenters. The second-order valence-electron chi connectivity index (χ2n) is 7.39. The van der Waals surface area contributed by atoms with Crippen molar-refractivity contribution >= 4 is 11.5 Å². The van der Waals surface area contributed by atoms with E-state index >= 15 is 0 Å². The molecule has 0 saturated heterocycles. The lowest BCUT2D eigenvalue weighted by Gasteiger charge is -2.17. The Kier molecular flexibility index (Phi) is 4.61. The third kappa shape index (κ3) is 4.07. The maximum absolute atomic E-state index is 5.95. The van der Waals surface area contributed by atoms with Gasteiger partial charge in [0.15, 0.2) is 11.5 Å². The maximum Gasteiger partial charge on any atom is 0.178 e. The standard InChI is InChI=1S/C19H25N5O/c1-13-7-6-8-15(11-13)25-14(2)12-20-16-9-10-17-21-22-18(19(3,4)5)24(17)23-16/h6-11,14H,12H2,1-5H3,(H,20,23). The van der Waals surface area contributed by atoms with Crippen LogP contribution in [0.5, 0.6) is 5.75 Å². The summed E-state index contributed by atoms with van der Waals surface area (Å²) in [5, 5.41) is 16.4. The van der Waals surface area contributed by atoms with E-state index in [1.807, 2.05) is 37.3 Å². The van der Waals surface area contributed by atoms with Crippen molar-refractivity contribution in [3.8, 4) is 5.75 Å². The molecule has 6 nitrogen and oxygen atoms in total. The fraction of sp³-hybridized carbons (Fsp3) is 0.421. The zero-order chi connectivity index (χ0) is 18.0. The molecular formula is C19H25N5O. The Morgan fingerprint density at radius 1 is 1.16 bits per heavy atom. The smallest absolute Gasteiger partial charge is 0.178 e. The summed E-state index contributed by atoms with van der Waals surface area (Å²) < 4.78 is 7.75. The van der Waals surface area contributed by atoms with Gasteiger partial charge in [-0.2, -0.15) is 4.52 Å². The van der Waals surface area contributed by atoms with E-state index < -0.39 is 0 Å². The van der Waals surface area contributed by atoms with E-state index in [-0.39, 0.29) is 11.5 Å². The number of ether oxygens (including phenoxy) is 1. The summed E-state index contributed by atoms with van der Waals surface area (Å²) >= 11 is 0. The number of aryl methyl sites for hydroxylation is 1. The summed E-state index contributed by atoms with van der Waals surface area (Å²) in [4.78, 5) is 0. The van der Waals surface area contributed by atoms with E-state index in [2.05, 4.69) is 54.4 Å². The van der Waals surface area contributed by atoms with Crippen LogP contribution in [0.1, 0.15) is 39.1 Å². The number of anilines is 1. The first-order valence-corrected chi connectivity index (χ1v) is 8.53. The van der Waals surface area contributed by atoms with Gasteiger partial charge in [0.1, 0.15) is 17.7 Å². The van der Waals surface area contributed by atoms with Crippen molar-refractivity contribution in [1.82, 2.24) is 19.8 Å². The zero-order valence-corrected chi connectivity index (χ0v) is 15.4. The number of benzene rings is 1. The monoisotopic (exact) mass is 339 g/mol. The molecule has 0 amide bonds. The second-order valence-corrected chi connectivity index (χ2v) is 7.39. The van der Waals surface area contributed by atoms with E-state index in [0.29, 0.717) is 6.54 Å². The van der Waals surface area contributed by atoms with Crippen LogP contribution in [0.4, 0.5) is 5.82 Å². The van der Waals surface area contributed by atoms with Crippen molar-refractivity contribution in [2.45, 2.75) is 46.1 Å². The van der Waals surface area contributed by atoms with Gasteiger partial charge in [0, 0.05) is 5.41 Å². The zero-order valence-electron chi connectivity index (χ0n) is 15.4. The Hall–Kier alpha value is -2.63. The first-order valence-electron chi connectivity index (χ1n) is 8.53. The average Bonchev–Trinajstić information content (AvgIpc) is 2.96. The van der Waals surface area contributed by atoms with Crippen LogP contribution in [-0.2, 0) is 5.41 Å².